The van der Waals surface area contributed by atoms with Crippen LogP contribution in [0.25, 0.3) is 0 Å². The molecule has 0 saturated carbocycles. The zero-order valence-corrected chi connectivity index (χ0v) is 11.0. The fourth-order valence-electron chi connectivity index (χ4n) is 1.96. The third kappa shape index (κ3) is 5.00. The van der Waals surface area contributed by atoms with Crippen molar-refractivity contribution in [2.75, 3.05) is 13.2 Å². The number of ether oxygens (including phenoxy) is 1. The number of hydrogen-bond donors (Lipinski definition) is 1. The van der Waals surface area contributed by atoms with Gasteiger partial charge in [-0.1, -0.05) is 20.8 Å². The Morgan fingerprint density at radius 2 is 1.78 bits per heavy atom. The van der Waals surface area contributed by atoms with E-state index in [4.69, 9.17) is 9.84 Å². The first-order valence-corrected chi connectivity index (χ1v) is 6.02. The average molecular weight is 258 g/mol. The summed E-state index contributed by atoms with van der Waals surface area (Å²) in [5, 5.41) is 9.02. The molecule has 1 aromatic carbocycles. The summed E-state index contributed by atoms with van der Waals surface area (Å²) < 4.78 is 31.3. The van der Waals surface area contributed by atoms with Crippen LogP contribution in [0.5, 0.6) is 5.75 Å². The molecule has 18 heavy (non-hydrogen) atoms. The molecule has 1 N–H and O–H groups in total. The van der Waals surface area contributed by atoms with E-state index in [9.17, 15) is 8.78 Å². The summed E-state index contributed by atoms with van der Waals surface area (Å²) in [4.78, 5) is 0. The third-order valence-corrected chi connectivity index (χ3v) is 2.68. The highest BCUT2D eigenvalue weighted by Gasteiger charge is 2.22. The van der Waals surface area contributed by atoms with E-state index in [0.717, 1.165) is 24.6 Å². The Labute approximate surface area is 107 Å². The maximum absolute atomic E-state index is 13.0. The molecule has 0 aliphatic heterocycles. The molecule has 2 nitrogen and oxygen atoms in total. The lowest BCUT2D eigenvalue weighted by atomic mass is 9.84. The molecule has 0 bridgehead atoms. The van der Waals surface area contributed by atoms with Gasteiger partial charge >= 0.3 is 0 Å². The van der Waals surface area contributed by atoms with Gasteiger partial charge in [0, 0.05) is 24.8 Å². The van der Waals surface area contributed by atoms with E-state index in [1.165, 1.54) is 0 Å². The highest BCUT2D eigenvalue weighted by atomic mass is 19.1. The normalized spacial score (nSPS) is 13.4. The molecule has 1 atom stereocenters. The van der Waals surface area contributed by atoms with Gasteiger partial charge in [-0.3, -0.25) is 0 Å². The van der Waals surface area contributed by atoms with E-state index in [0.29, 0.717) is 6.61 Å². The Bertz CT molecular complexity index is 371. The molecule has 4 heteroatoms. The molecule has 0 fully saturated rings. The number of rotatable bonds is 6. The molecule has 1 rings (SSSR count). The van der Waals surface area contributed by atoms with E-state index in [1.807, 2.05) is 20.8 Å². The van der Waals surface area contributed by atoms with E-state index in [2.05, 4.69) is 0 Å². The Hall–Kier alpha value is -1.16. The Balaban J connectivity index is 2.58. The Kier molecular flexibility index (Phi) is 5.08. The van der Waals surface area contributed by atoms with E-state index in [1.54, 1.807) is 0 Å². The van der Waals surface area contributed by atoms with Gasteiger partial charge in [0.05, 0.1) is 6.61 Å². The van der Waals surface area contributed by atoms with Crippen molar-refractivity contribution in [1.29, 1.82) is 0 Å². The molecule has 0 aliphatic rings. The predicted molar refractivity (Wildman–Crippen MR) is 66.5 cm³/mol. The standard InChI is InChI=1S/C14H20F2O2/c1-10(8-17)7-14(2,3)9-18-13-5-11(15)4-12(16)6-13/h4-6,10,17H,7-9H2,1-3H3. The van der Waals surface area contributed by atoms with E-state index in [-0.39, 0.29) is 23.7 Å². The fraction of sp³-hybridized carbons (Fsp3) is 0.571. The zero-order chi connectivity index (χ0) is 13.8. The largest absolute Gasteiger partial charge is 0.493 e. The summed E-state index contributed by atoms with van der Waals surface area (Å²) in [6.07, 6.45) is 0.779. The van der Waals surface area contributed by atoms with Crippen LogP contribution in [0.1, 0.15) is 27.2 Å². The van der Waals surface area contributed by atoms with Gasteiger partial charge in [0.15, 0.2) is 0 Å². The SMILES string of the molecule is CC(CO)CC(C)(C)COc1cc(F)cc(F)c1. The van der Waals surface area contributed by atoms with Gasteiger partial charge in [-0.15, -0.1) is 0 Å². The molecule has 1 unspecified atom stereocenters. The molecular weight excluding hydrogens is 238 g/mol. The highest BCUT2D eigenvalue weighted by molar-refractivity contribution is 5.23. The van der Waals surface area contributed by atoms with Gasteiger partial charge in [0.1, 0.15) is 17.4 Å². The molecule has 102 valence electrons. The molecule has 0 radical (unpaired) electrons. The van der Waals surface area contributed by atoms with Crippen molar-refractivity contribution in [3.05, 3.63) is 29.8 Å². The van der Waals surface area contributed by atoms with Crippen LogP contribution in [0.3, 0.4) is 0 Å². The van der Waals surface area contributed by atoms with Crippen LogP contribution >= 0.6 is 0 Å². The first-order valence-electron chi connectivity index (χ1n) is 6.02. The second-order valence-electron chi connectivity index (χ2n) is 5.55. The lowest BCUT2D eigenvalue weighted by molar-refractivity contribution is 0.125. The molecule has 0 amide bonds. The average Bonchev–Trinajstić information content (AvgIpc) is 2.24. The second-order valence-corrected chi connectivity index (χ2v) is 5.55. The molecule has 0 saturated heterocycles. The van der Waals surface area contributed by atoms with E-state index < -0.39 is 11.6 Å². The van der Waals surface area contributed by atoms with Crippen molar-refractivity contribution in [3.63, 3.8) is 0 Å². The summed E-state index contributed by atoms with van der Waals surface area (Å²) in [5.41, 5.74) is -0.162. The van der Waals surface area contributed by atoms with E-state index >= 15 is 0 Å². The summed E-state index contributed by atoms with van der Waals surface area (Å²) in [6.45, 7) is 6.41. The second kappa shape index (κ2) is 6.14. The van der Waals surface area contributed by atoms with Crippen molar-refractivity contribution in [1.82, 2.24) is 0 Å². The predicted octanol–water partition coefficient (Wildman–Crippen LogP) is 3.39. The van der Waals surface area contributed by atoms with Gasteiger partial charge < -0.3 is 9.84 Å². The minimum absolute atomic E-state index is 0.123. The lowest BCUT2D eigenvalue weighted by Crippen LogP contribution is -2.25. The number of aliphatic hydroxyl groups excluding tert-OH is 1. The van der Waals surface area contributed by atoms with Crippen LogP contribution in [0.15, 0.2) is 18.2 Å². The van der Waals surface area contributed by atoms with Gasteiger partial charge in [-0.2, -0.15) is 0 Å². The van der Waals surface area contributed by atoms with Gasteiger partial charge in [0.25, 0.3) is 0 Å². The maximum atomic E-state index is 13.0. The molecular formula is C14H20F2O2. The van der Waals surface area contributed by atoms with Crippen LogP contribution in [0.4, 0.5) is 8.78 Å². The van der Waals surface area contributed by atoms with Crippen molar-refractivity contribution in [3.8, 4) is 5.75 Å². The van der Waals surface area contributed by atoms with Crippen molar-refractivity contribution in [2.24, 2.45) is 11.3 Å². The van der Waals surface area contributed by atoms with Crippen molar-refractivity contribution < 1.29 is 18.6 Å². The lowest BCUT2D eigenvalue weighted by Gasteiger charge is -2.27. The molecule has 1 aromatic rings. The first kappa shape index (κ1) is 14.9. The zero-order valence-electron chi connectivity index (χ0n) is 11.0. The number of benzene rings is 1. The number of aliphatic hydroxyl groups is 1. The smallest absolute Gasteiger partial charge is 0.129 e. The minimum Gasteiger partial charge on any atom is -0.493 e. The summed E-state index contributed by atoms with van der Waals surface area (Å²) in [7, 11) is 0. The number of halogens is 2. The van der Waals surface area contributed by atoms with Crippen LogP contribution in [-0.2, 0) is 0 Å². The topological polar surface area (TPSA) is 29.5 Å². The number of hydrogen-bond acceptors (Lipinski definition) is 2. The fourth-order valence-corrected chi connectivity index (χ4v) is 1.96. The molecule has 0 aromatic heterocycles. The van der Waals surface area contributed by atoms with Crippen LogP contribution < -0.4 is 4.74 Å². The first-order chi connectivity index (χ1) is 8.32. The van der Waals surface area contributed by atoms with Crippen molar-refractivity contribution in [2.45, 2.75) is 27.2 Å². The molecule has 0 spiro atoms. The molecule has 0 aliphatic carbocycles. The summed E-state index contributed by atoms with van der Waals surface area (Å²) >= 11 is 0. The van der Waals surface area contributed by atoms with Crippen LogP contribution in [0.2, 0.25) is 0 Å². The van der Waals surface area contributed by atoms with Crippen LogP contribution in [0, 0.1) is 23.0 Å². The summed E-state index contributed by atoms with van der Waals surface area (Å²) in [6, 6.07) is 3.13. The maximum Gasteiger partial charge on any atom is 0.129 e. The van der Waals surface area contributed by atoms with Crippen molar-refractivity contribution >= 4 is 0 Å². The quantitative estimate of drug-likeness (QED) is 0.847. The monoisotopic (exact) mass is 258 g/mol. The van der Waals surface area contributed by atoms with Crippen LogP contribution in [-0.4, -0.2) is 18.3 Å². The third-order valence-electron chi connectivity index (χ3n) is 2.68. The Morgan fingerprint density at radius 1 is 1.22 bits per heavy atom. The summed E-state index contributed by atoms with van der Waals surface area (Å²) in [5.74, 6) is -0.928. The highest BCUT2D eigenvalue weighted by Crippen LogP contribution is 2.27. The minimum atomic E-state index is -0.647. The Morgan fingerprint density at radius 3 is 2.28 bits per heavy atom. The van der Waals surface area contributed by atoms with Gasteiger partial charge in [0.2, 0.25) is 0 Å². The molecule has 0 heterocycles. The van der Waals surface area contributed by atoms with Gasteiger partial charge in [-0.25, -0.2) is 8.78 Å². The van der Waals surface area contributed by atoms with Gasteiger partial charge in [-0.05, 0) is 17.8 Å².